The number of hydrogen-bond acceptors (Lipinski definition) is 4. The first-order valence-electron chi connectivity index (χ1n) is 8.45. The summed E-state index contributed by atoms with van der Waals surface area (Å²) in [4.78, 5) is 14.9. The molecule has 2 aromatic carbocycles. The van der Waals surface area contributed by atoms with Gasteiger partial charge in [0.25, 0.3) is 0 Å². The zero-order valence-electron chi connectivity index (χ0n) is 15.1. The Morgan fingerprint density at radius 2 is 1.73 bits per heavy atom. The number of methoxy groups -OCH3 is 2. The van der Waals surface area contributed by atoms with Gasteiger partial charge in [-0.15, -0.1) is 12.4 Å². The zero-order valence-corrected chi connectivity index (χ0v) is 15.9. The van der Waals surface area contributed by atoms with Gasteiger partial charge in [-0.1, -0.05) is 30.3 Å². The summed E-state index contributed by atoms with van der Waals surface area (Å²) < 4.78 is 10.8. The van der Waals surface area contributed by atoms with Gasteiger partial charge in [0.2, 0.25) is 5.91 Å². The summed E-state index contributed by atoms with van der Waals surface area (Å²) in [5, 5.41) is 0. The normalized spacial score (nSPS) is 14.0. The zero-order chi connectivity index (χ0) is 17.8. The standard InChI is InChI=1S/C20H24N2O3.ClH/c1-24-18-10-15-8-9-22(13-16(15)11-19(18)25-2)20(23)17(12-21)14-6-4-3-5-7-14;/h3-7,10-11,17H,8-9,12-13,21H2,1-2H3;1H. The molecule has 6 heteroatoms. The van der Waals surface area contributed by atoms with Crippen LogP contribution in [0, 0.1) is 0 Å². The molecule has 2 N–H and O–H groups in total. The van der Waals surface area contributed by atoms with Crippen LogP contribution >= 0.6 is 12.4 Å². The van der Waals surface area contributed by atoms with Crippen molar-refractivity contribution in [2.45, 2.75) is 18.9 Å². The van der Waals surface area contributed by atoms with Crippen LogP contribution in [0.5, 0.6) is 11.5 Å². The monoisotopic (exact) mass is 376 g/mol. The lowest BCUT2D eigenvalue weighted by atomic mass is 9.94. The number of nitrogens with two attached hydrogens (primary N) is 1. The lowest BCUT2D eigenvalue weighted by Crippen LogP contribution is -2.41. The first kappa shape index (κ1) is 20.1. The van der Waals surface area contributed by atoms with E-state index < -0.39 is 0 Å². The van der Waals surface area contributed by atoms with Gasteiger partial charge in [-0.05, 0) is 35.2 Å². The van der Waals surface area contributed by atoms with Crippen molar-refractivity contribution in [3.05, 3.63) is 59.2 Å². The molecule has 0 bridgehead atoms. The van der Waals surface area contributed by atoms with Crippen LogP contribution in [-0.2, 0) is 17.8 Å². The molecular weight excluding hydrogens is 352 g/mol. The highest BCUT2D eigenvalue weighted by molar-refractivity contribution is 5.85. The summed E-state index contributed by atoms with van der Waals surface area (Å²) >= 11 is 0. The summed E-state index contributed by atoms with van der Waals surface area (Å²) in [5.41, 5.74) is 9.17. The molecule has 2 aromatic rings. The Labute approximate surface area is 160 Å². The predicted molar refractivity (Wildman–Crippen MR) is 104 cm³/mol. The molecule has 0 fully saturated rings. The summed E-state index contributed by atoms with van der Waals surface area (Å²) in [6.45, 7) is 1.56. The minimum atomic E-state index is -0.303. The number of rotatable bonds is 5. The SMILES string of the molecule is COc1cc2c(cc1OC)CN(C(=O)C(CN)c1ccccc1)CC2.Cl. The Balaban J connectivity index is 0.00000243. The molecule has 3 rings (SSSR count). The van der Waals surface area contributed by atoms with E-state index in [1.54, 1.807) is 14.2 Å². The van der Waals surface area contributed by atoms with Crippen LogP contribution in [0.4, 0.5) is 0 Å². The van der Waals surface area contributed by atoms with Crippen LogP contribution in [0.3, 0.4) is 0 Å². The topological polar surface area (TPSA) is 64.8 Å². The van der Waals surface area contributed by atoms with Crippen molar-refractivity contribution in [1.29, 1.82) is 0 Å². The van der Waals surface area contributed by atoms with Gasteiger partial charge in [0.15, 0.2) is 11.5 Å². The van der Waals surface area contributed by atoms with Gasteiger partial charge in [-0.2, -0.15) is 0 Å². The summed E-state index contributed by atoms with van der Waals surface area (Å²) in [6.07, 6.45) is 0.799. The number of benzene rings is 2. The van der Waals surface area contributed by atoms with E-state index in [4.69, 9.17) is 15.2 Å². The van der Waals surface area contributed by atoms with Gasteiger partial charge in [0.1, 0.15) is 0 Å². The molecule has 140 valence electrons. The number of nitrogens with zero attached hydrogens (tertiary/aromatic N) is 1. The second-order valence-corrected chi connectivity index (χ2v) is 6.18. The molecule has 5 nitrogen and oxygen atoms in total. The largest absolute Gasteiger partial charge is 0.493 e. The van der Waals surface area contributed by atoms with E-state index in [0.29, 0.717) is 25.4 Å². The van der Waals surface area contributed by atoms with Crippen LogP contribution in [-0.4, -0.2) is 38.1 Å². The third kappa shape index (κ3) is 3.94. The third-order valence-electron chi connectivity index (χ3n) is 4.77. The fourth-order valence-electron chi connectivity index (χ4n) is 3.36. The molecule has 0 saturated heterocycles. The Bertz CT molecular complexity index is 752. The van der Waals surface area contributed by atoms with Crippen LogP contribution < -0.4 is 15.2 Å². The second kappa shape index (κ2) is 8.92. The molecule has 0 saturated carbocycles. The molecule has 1 atom stereocenters. The second-order valence-electron chi connectivity index (χ2n) is 6.18. The minimum absolute atomic E-state index is 0. The highest BCUT2D eigenvalue weighted by atomic mass is 35.5. The smallest absolute Gasteiger partial charge is 0.231 e. The number of ether oxygens (including phenoxy) is 2. The van der Waals surface area contributed by atoms with Gasteiger partial charge >= 0.3 is 0 Å². The molecule has 0 aliphatic carbocycles. The Kier molecular flexibility index (Phi) is 6.89. The number of halogens is 1. The van der Waals surface area contributed by atoms with Crippen molar-refractivity contribution in [3.63, 3.8) is 0 Å². The van der Waals surface area contributed by atoms with Crippen molar-refractivity contribution in [2.75, 3.05) is 27.3 Å². The number of carbonyl (C=O) groups excluding carboxylic acids is 1. The minimum Gasteiger partial charge on any atom is -0.493 e. The van der Waals surface area contributed by atoms with E-state index in [0.717, 1.165) is 23.3 Å². The van der Waals surface area contributed by atoms with E-state index in [2.05, 4.69) is 0 Å². The maximum atomic E-state index is 13.0. The highest BCUT2D eigenvalue weighted by Gasteiger charge is 2.28. The fourth-order valence-corrected chi connectivity index (χ4v) is 3.36. The van der Waals surface area contributed by atoms with Gasteiger partial charge in [-0.25, -0.2) is 0 Å². The van der Waals surface area contributed by atoms with Crippen LogP contribution in [0.1, 0.15) is 22.6 Å². The first-order valence-corrected chi connectivity index (χ1v) is 8.45. The van der Waals surface area contributed by atoms with Gasteiger partial charge < -0.3 is 20.1 Å². The fraction of sp³-hybridized carbons (Fsp3) is 0.350. The Morgan fingerprint density at radius 1 is 1.12 bits per heavy atom. The van der Waals surface area contributed by atoms with Crippen molar-refractivity contribution in [1.82, 2.24) is 4.90 Å². The quantitative estimate of drug-likeness (QED) is 0.871. The predicted octanol–water partition coefficient (Wildman–Crippen LogP) is 2.75. The average molecular weight is 377 g/mol. The van der Waals surface area contributed by atoms with Crippen LogP contribution in [0.25, 0.3) is 0 Å². The van der Waals surface area contributed by atoms with Crippen LogP contribution in [0.15, 0.2) is 42.5 Å². The number of carbonyl (C=O) groups is 1. The summed E-state index contributed by atoms with van der Waals surface area (Å²) in [7, 11) is 3.25. The molecule has 1 amide bonds. The van der Waals surface area contributed by atoms with E-state index >= 15 is 0 Å². The lowest BCUT2D eigenvalue weighted by Gasteiger charge is -2.32. The van der Waals surface area contributed by atoms with E-state index in [1.165, 1.54) is 5.56 Å². The van der Waals surface area contributed by atoms with Crippen molar-refractivity contribution in [3.8, 4) is 11.5 Å². The molecule has 26 heavy (non-hydrogen) atoms. The van der Waals surface area contributed by atoms with Crippen molar-refractivity contribution in [2.24, 2.45) is 5.73 Å². The highest BCUT2D eigenvalue weighted by Crippen LogP contribution is 2.34. The summed E-state index contributed by atoms with van der Waals surface area (Å²) in [6, 6.07) is 13.7. The molecule has 1 unspecified atom stereocenters. The van der Waals surface area contributed by atoms with E-state index in [-0.39, 0.29) is 24.2 Å². The average Bonchev–Trinajstić information content (AvgIpc) is 2.67. The third-order valence-corrected chi connectivity index (χ3v) is 4.77. The lowest BCUT2D eigenvalue weighted by molar-refractivity contribution is -0.133. The van der Waals surface area contributed by atoms with Crippen LogP contribution in [0.2, 0.25) is 0 Å². The van der Waals surface area contributed by atoms with Crippen molar-refractivity contribution >= 4 is 18.3 Å². The maximum absolute atomic E-state index is 13.0. The molecule has 0 radical (unpaired) electrons. The molecule has 1 aliphatic rings. The summed E-state index contributed by atoms with van der Waals surface area (Å²) in [5.74, 6) is 1.19. The first-order chi connectivity index (χ1) is 12.2. The number of amides is 1. The number of fused-ring (bicyclic) bond motifs is 1. The molecule has 0 aromatic heterocycles. The van der Waals surface area contributed by atoms with E-state index in [1.807, 2.05) is 47.4 Å². The molecule has 1 heterocycles. The Hall–Kier alpha value is -2.24. The molecule has 0 spiro atoms. The maximum Gasteiger partial charge on any atom is 0.231 e. The van der Waals surface area contributed by atoms with Gasteiger partial charge in [0, 0.05) is 19.6 Å². The molecular formula is C20H25ClN2O3. The Morgan fingerprint density at radius 3 is 2.31 bits per heavy atom. The van der Waals surface area contributed by atoms with Gasteiger partial charge in [-0.3, -0.25) is 4.79 Å². The van der Waals surface area contributed by atoms with E-state index in [9.17, 15) is 4.79 Å². The number of hydrogen-bond donors (Lipinski definition) is 1. The van der Waals surface area contributed by atoms with Gasteiger partial charge in [0.05, 0.1) is 20.1 Å². The van der Waals surface area contributed by atoms with Crippen molar-refractivity contribution < 1.29 is 14.3 Å². The molecule has 1 aliphatic heterocycles.